The second kappa shape index (κ2) is 5.68. The molecule has 7 nitrogen and oxygen atoms in total. The van der Waals surface area contributed by atoms with Crippen LogP contribution in [0, 0.1) is 0 Å². The molecule has 1 aliphatic carbocycles. The Labute approximate surface area is 144 Å². The number of carbonyl (C=O) groups is 1. The fraction of sp³-hybridized carbons (Fsp3) is 0.444. The van der Waals surface area contributed by atoms with Gasteiger partial charge in [0.05, 0.1) is 23.3 Å². The van der Waals surface area contributed by atoms with E-state index in [-0.39, 0.29) is 11.8 Å². The van der Waals surface area contributed by atoms with Crippen molar-refractivity contribution in [1.29, 1.82) is 0 Å². The number of aromatic amines is 1. The normalized spacial score (nSPS) is 21.7. The highest BCUT2D eigenvalue weighted by Gasteiger charge is 2.38. The Bertz CT molecular complexity index is 924. The molecule has 2 fully saturated rings. The first-order valence-electron chi connectivity index (χ1n) is 8.84. The van der Waals surface area contributed by atoms with Gasteiger partial charge in [0.2, 0.25) is 17.6 Å². The molecule has 1 atom stereocenters. The fourth-order valence-corrected chi connectivity index (χ4v) is 4.06. The summed E-state index contributed by atoms with van der Waals surface area (Å²) in [7, 11) is 0. The van der Waals surface area contributed by atoms with Crippen LogP contribution in [0.5, 0.6) is 0 Å². The van der Waals surface area contributed by atoms with Gasteiger partial charge in [-0.15, -0.1) is 0 Å². The molecule has 0 spiro atoms. The number of benzene rings is 1. The van der Waals surface area contributed by atoms with E-state index in [2.05, 4.69) is 20.1 Å². The highest BCUT2D eigenvalue weighted by Crippen LogP contribution is 2.34. The van der Waals surface area contributed by atoms with Crippen LogP contribution in [-0.2, 0) is 4.79 Å². The number of likely N-dealkylation sites (tertiary alicyclic amines) is 1. The second-order valence-corrected chi connectivity index (χ2v) is 6.98. The van der Waals surface area contributed by atoms with E-state index in [1.807, 2.05) is 23.1 Å². The van der Waals surface area contributed by atoms with E-state index in [1.54, 1.807) is 6.33 Å². The quantitative estimate of drug-likeness (QED) is 0.794. The van der Waals surface area contributed by atoms with Gasteiger partial charge < -0.3 is 14.4 Å². The van der Waals surface area contributed by atoms with Crippen molar-refractivity contribution < 1.29 is 9.32 Å². The molecule has 5 rings (SSSR count). The molecule has 0 unspecified atom stereocenters. The molecule has 0 radical (unpaired) electrons. The van der Waals surface area contributed by atoms with Gasteiger partial charge in [-0.3, -0.25) is 4.79 Å². The number of hydrogen-bond acceptors (Lipinski definition) is 5. The number of nitrogens with zero attached hydrogens (tertiary/aromatic N) is 4. The molecule has 3 aromatic rings. The maximum absolute atomic E-state index is 12.4. The first-order chi connectivity index (χ1) is 12.3. The van der Waals surface area contributed by atoms with Crippen LogP contribution >= 0.6 is 0 Å². The number of H-pyrrole nitrogens is 1. The Hall–Kier alpha value is -2.70. The van der Waals surface area contributed by atoms with Crippen molar-refractivity contribution in [3.05, 3.63) is 30.4 Å². The molecule has 2 aliphatic rings. The fourth-order valence-electron chi connectivity index (χ4n) is 4.06. The van der Waals surface area contributed by atoms with Crippen molar-refractivity contribution >= 4 is 16.9 Å². The van der Waals surface area contributed by atoms with Crippen LogP contribution in [0.4, 0.5) is 0 Å². The Morgan fingerprint density at radius 3 is 3.00 bits per heavy atom. The number of rotatable bonds is 3. The van der Waals surface area contributed by atoms with Crippen LogP contribution in [0.1, 0.15) is 43.9 Å². The molecule has 1 aliphatic heterocycles. The predicted molar refractivity (Wildman–Crippen MR) is 90.7 cm³/mol. The first-order valence-corrected chi connectivity index (χ1v) is 8.84. The molecule has 0 bridgehead atoms. The number of imidazole rings is 1. The van der Waals surface area contributed by atoms with Gasteiger partial charge in [0.25, 0.3) is 0 Å². The molecule has 7 heteroatoms. The molecule has 1 saturated carbocycles. The molecule has 128 valence electrons. The maximum Gasteiger partial charge on any atom is 0.232 e. The molecule has 3 heterocycles. The predicted octanol–water partition coefficient (Wildman–Crippen LogP) is 2.87. The molecule has 1 amide bonds. The zero-order valence-corrected chi connectivity index (χ0v) is 13.8. The third kappa shape index (κ3) is 2.50. The van der Waals surface area contributed by atoms with Crippen molar-refractivity contribution in [2.45, 2.75) is 44.1 Å². The average Bonchev–Trinajstić information content (AvgIpc) is 3.39. The molecule has 1 aromatic carbocycles. The van der Waals surface area contributed by atoms with Crippen molar-refractivity contribution in [1.82, 2.24) is 25.0 Å². The molecular weight excluding hydrogens is 318 g/mol. The summed E-state index contributed by atoms with van der Waals surface area (Å²) in [4.78, 5) is 26.2. The highest BCUT2D eigenvalue weighted by molar-refractivity contribution is 5.80. The number of amides is 1. The third-order valence-corrected chi connectivity index (χ3v) is 5.39. The summed E-state index contributed by atoms with van der Waals surface area (Å²) in [6, 6.07) is 6.23. The van der Waals surface area contributed by atoms with E-state index >= 15 is 0 Å². The number of fused-ring (bicyclic) bond motifs is 1. The molecule has 1 saturated heterocycles. The lowest BCUT2D eigenvalue weighted by molar-refractivity contribution is -0.129. The average molecular weight is 337 g/mol. The third-order valence-electron chi connectivity index (χ3n) is 5.39. The van der Waals surface area contributed by atoms with Crippen molar-refractivity contribution in [3.63, 3.8) is 0 Å². The topological polar surface area (TPSA) is 87.9 Å². The van der Waals surface area contributed by atoms with Gasteiger partial charge in [-0.25, -0.2) is 4.98 Å². The Balaban J connectivity index is 1.38. The monoisotopic (exact) mass is 337 g/mol. The zero-order valence-electron chi connectivity index (χ0n) is 13.8. The molecule has 2 aromatic heterocycles. The van der Waals surface area contributed by atoms with Gasteiger partial charge in [-0.05, 0) is 31.0 Å². The summed E-state index contributed by atoms with van der Waals surface area (Å²) in [6.07, 6.45) is 6.82. The lowest BCUT2D eigenvalue weighted by Gasteiger charge is -2.23. The minimum Gasteiger partial charge on any atom is -0.345 e. The minimum atomic E-state index is 0.00485. The lowest BCUT2D eigenvalue weighted by Crippen LogP contribution is -2.34. The number of hydrogen-bond donors (Lipinski definition) is 1. The van der Waals surface area contributed by atoms with Gasteiger partial charge in [0, 0.05) is 24.6 Å². The van der Waals surface area contributed by atoms with Gasteiger partial charge in [-0.1, -0.05) is 18.0 Å². The molecule has 25 heavy (non-hydrogen) atoms. The maximum atomic E-state index is 12.4. The van der Waals surface area contributed by atoms with Crippen molar-refractivity contribution in [3.8, 4) is 11.4 Å². The molecule has 1 N–H and O–H groups in total. The standard InChI is InChI=1S/C18H19N5O2/c24-16-8-12(9-23(16)13-3-1-2-4-13)18-21-17(22-25-18)11-5-6-14-15(7-11)20-10-19-14/h5-7,10,12-13H,1-4,8-9H2,(H,19,20)/t12-/m1/s1. The lowest BCUT2D eigenvalue weighted by atomic mass is 10.1. The van der Waals surface area contributed by atoms with Crippen LogP contribution < -0.4 is 0 Å². The highest BCUT2D eigenvalue weighted by atomic mass is 16.5. The van der Waals surface area contributed by atoms with Crippen LogP contribution in [0.3, 0.4) is 0 Å². The van der Waals surface area contributed by atoms with Crippen molar-refractivity contribution in [2.75, 3.05) is 6.54 Å². The smallest absolute Gasteiger partial charge is 0.232 e. The van der Waals surface area contributed by atoms with E-state index in [1.165, 1.54) is 12.8 Å². The van der Waals surface area contributed by atoms with E-state index in [9.17, 15) is 4.79 Å². The Morgan fingerprint density at radius 1 is 1.24 bits per heavy atom. The second-order valence-electron chi connectivity index (χ2n) is 6.98. The zero-order chi connectivity index (χ0) is 16.8. The Morgan fingerprint density at radius 2 is 2.12 bits per heavy atom. The SMILES string of the molecule is O=C1C[C@@H](c2nc(-c3ccc4nc[nH]c4c3)no2)CN1C1CCCC1. The number of carbonyl (C=O) groups excluding carboxylic acids is 1. The molecular formula is C18H19N5O2. The first kappa shape index (κ1) is 14.6. The number of aromatic nitrogens is 4. The summed E-state index contributed by atoms with van der Waals surface area (Å²) >= 11 is 0. The van der Waals surface area contributed by atoms with Crippen LogP contribution in [0.15, 0.2) is 29.0 Å². The van der Waals surface area contributed by atoms with Gasteiger partial charge in [-0.2, -0.15) is 4.98 Å². The van der Waals surface area contributed by atoms with Gasteiger partial charge >= 0.3 is 0 Å². The summed E-state index contributed by atoms with van der Waals surface area (Å²) < 4.78 is 5.49. The van der Waals surface area contributed by atoms with E-state index in [0.29, 0.717) is 30.7 Å². The van der Waals surface area contributed by atoms with Crippen LogP contribution in [0.2, 0.25) is 0 Å². The summed E-state index contributed by atoms with van der Waals surface area (Å²) in [5.74, 6) is 1.34. The summed E-state index contributed by atoms with van der Waals surface area (Å²) in [5, 5.41) is 4.12. The summed E-state index contributed by atoms with van der Waals surface area (Å²) in [6.45, 7) is 0.699. The van der Waals surface area contributed by atoms with E-state index in [0.717, 1.165) is 29.4 Å². The number of nitrogens with one attached hydrogen (secondary N) is 1. The largest absolute Gasteiger partial charge is 0.345 e. The van der Waals surface area contributed by atoms with Crippen LogP contribution in [0.25, 0.3) is 22.4 Å². The van der Waals surface area contributed by atoms with E-state index < -0.39 is 0 Å². The van der Waals surface area contributed by atoms with E-state index in [4.69, 9.17) is 4.52 Å². The Kier molecular flexibility index (Phi) is 3.33. The van der Waals surface area contributed by atoms with Gasteiger partial charge in [0.15, 0.2) is 0 Å². The minimum absolute atomic E-state index is 0.00485. The van der Waals surface area contributed by atoms with Crippen LogP contribution in [-0.4, -0.2) is 43.5 Å². The summed E-state index contributed by atoms with van der Waals surface area (Å²) in [5.41, 5.74) is 2.72. The van der Waals surface area contributed by atoms with Crippen molar-refractivity contribution in [2.24, 2.45) is 0 Å². The van der Waals surface area contributed by atoms with Gasteiger partial charge in [0.1, 0.15) is 0 Å².